The maximum atomic E-state index is 13.3. The van der Waals surface area contributed by atoms with Crippen LogP contribution in [0.3, 0.4) is 0 Å². The number of nitrogens with two attached hydrogens (primary N) is 1. The van der Waals surface area contributed by atoms with Gasteiger partial charge in [-0.25, -0.2) is 17.8 Å². The number of rotatable bonds is 3. The van der Waals surface area contributed by atoms with Crippen LogP contribution in [0, 0.1) is 5.82 Å². The quantitative estimate of drug-likeness (QED) is 0.699. The number of halogens is 1. The monoisotopic (exact) mass is 386 g/mol. The van der Waals surface area contributed by atoms with E-state index in [1.165, 1.54) is 12.1 Å². The third kappa shape index (κ3) is 2.96. The molecule has 0 saturated heterocycles. The Labute approximate surface area is 157 Å². The summed E-state index contributed by atoms with van der Waals surface area (Å²) in [5.74, 6) is -0.438. The van der Waals surface area contributed by atoms with Crippen LogP contribution in [0.4, 0.5) is 10.2 Å². The number of benzene rings is 2. The number of hydrogen-bond donors (Lipinski definition) is 1. The van der Waals surface area contributed by atoms with E-state index in [2.05, 4.69) is 9.98 Å². The highest BCUT2D eigenvalue weighted by Gasteiger charge is 2.30. The predicted molar refractivity (Wildman–Crippen MR) is 102 cm³/mol. The van der Waals surface area contributed by atoms with Crippen molar-refractivity contribution in [3.05, 3.63) is 59.9 Å². The second-order valence-electron chi connectivity index (χ2n) is 6.26. The van der Waals surface area contributed by atoms with E-state index in [0.717, 1.165) is 12.1 Å². The van der Waals surface area contributed by atoms with Crippen molar-refractivity contribution in [2.45, 2.75) is 9.92 Å². The number of aromatic nitrogens is 1. The van der Waals surface area contributed by atoms with E-state index in [-0.39, 0.29) is 22.8 Å². The standard InChI is InChI=1S/C19H17FN4O2S/c1-24-10-16(22-11-24)17-14-4-2-3-5-15(14)18(21)23-19(17)27(25,26)13-8-6-12(20)7-9-13/h2-9H,10-11H2,1H3,(H2,21,23)/i1T. The van der Waals surface area contributed by atoms with Crippen molar-refractivity contribution >= 4 is 32.1 Å². The summed E-state index contributed by atoms with van der Waals surface area (Å²) in [6.07, 6.45) is 0. The van der Waals surface area contributed by atoms with Crippen molar-refractivity contribution in [2.24, 2.45) is 4.99 Å². The maximum absolute atomic E-state index is 13.3. The molecule has 0 bridgehead atoms. The molecule has 0 atom stereocenters. The molecule has 1 aliphatic heterocycles. The highest BCUT2D eigenvalue weighted by atomic mass is 32.2. The minimum Gasteiger partial charge on any atom is -0.383 e. The molecule has 0 spiro atoms. The Morgan fingerprint density at radius 1 is 1.15 bits per heavy atom. The van der Waals surface area contributed by atoms with Gasteiger partial charge in [0.2, 0.25) is 9.84 Å². The Balaban J connectivity index is 2.00. The molecule has 2 aromatic carbocycles. The lowest BCUT2D eigenvalue weighted by Crippen LogP contribution is -2.21. The van der Waals surface area contributed by atoms with Crippen LogP contribution in [0.2, 0.25) is 0 Å². The zero-order valence-electron chi connectivity index (χ0n) is 15.3. The van der Waals surface area contributed by atoms with Crippen LogP contribution in [0.15, 0.2) is 63.4 Å². The number of nitrogens with zero attached hydrogens (tertiary/aromatic N) is 3. The van der Waals surface area contributed by atoms with Crippen LogP contribution in [-0.2, 0) is 9.84 Å². The summed E-state index contributed by atoms with van der Waals surface area (Å²) in [4.78, 5) is 10.3. The molecule has 0 radical (unpaired) electrons. The van der Waals surface area contributed by atoms with Crippen LogP contribution in [0.1, 0.15) is 6.93 Å². The van der Waals surface area contributed by atoms with Crippen LogP contribution in [0.5, 0.6) is 0 Å². The smallest absolute Gasteiger partial charge is 0.224 e. The van der Waals surface area contributed by atoms with Gasteiger partial charge in [0.1, 0.15) is 11.6 Å². The predicted octanol–water partition coefficient (Wildman–Crippen LogP) is 2.48. The summed E-state index contributed by atoms with van der Waals surface area (Å²) in [5, 5.41) is 1.05. The molecule has 138 valence electrons. The van der Waals surface area contributed by atoms with Crippen molar-refractivity contribution in [1.82, 2.24) is 9.88 Å². The Bertz CT molecular complexity index is 1200. The van der Waals surface area contributed by atoms with Crippen LogP contribution in [0.25, 0.3) is 10.8 Å². The van der Waals surface area contributed by atoms with Gasteiger partial charge in [0, 0.05) is 18.9 Å². The Morgan fingerprint density at radius 3 is 2.52 bits per heavy atom. The number of likely N-dealkylation sites (N-methyl/N-ethyl adjacent to an activating group) is 1. The van der Waals surface area contributed by atoms with E-state index in [0.29, 0.717) is 35.3 Å². The molecule has 2 N–H and O–H groups in total. The lowest BCUT2D eigenvalue weighted by atomic mass is 10.0. The highest BCUT2D eigenvalue weighted by molar-refractivity contribution is 7.91. The summed E-state index contributed by atoms with van der Waals surface area (Å²) in [6.45, 7) is 0.651. The van der Waals surface area contributed by atoms with Gasteiger partial charge in [-0.3, -0.25) is 9.89 Å². The van der Waals surface area contributed by atoms with Gasteiger partial charge in [-0.15, -0.1) is 0 Å². The lowest BCUT2D eigenvalue weighted by Gasteiger charge is -2.15. The molecular formula is C19H17FN4O2S. The SMILES string of the molecule is [3H]CN1CN=C(c2c(S(=O)(=O)c3ccc(F)cc3)nc(N)c3ccccc23)C1. The normalized spacial score (nSPS) is 15.7. The van der Waals surface area contributed by atoms with E-state index in [9.17, 15) is 12.8 Å². The van der Waals surface area contributed by atoms with Gasteiger partial charge in [-0.2, -0.15) is 0 Å². The summed E-state index contributed by atoms with van der Waals surface area (Å²) in [6, 6.07) is 11.7. The number of fused-ring (bicyclic) bond motifs is 1. The van der Waals surface area contributed by atoms with Gasteiger partial charge in [0.15, 0.2) is 5.03 Å². The number of anilines is 1. The summed E-state index contributed by atoms with van der Waals surface area (Å²) in [5.41, 5.74) is 6.98. The molecule has 0 unspecified atom stereocenters. The number of hydrogen-bond acceptors (Lipinski definition) is 6. The molecule has 0 aliphatic carbocycles. The largest absolute Gasteiger partial charge is 0.383 e. The number of pyridine rings is 1. The van der Waals surface area contributed by atoms with Crippen molar-refractivity contribution in [3.63, 3.8) is 0 Å². The Morgan fingerprint density at radius 2 is 1.85 bits per heavy atom. The summed E-state index contributed by atoms with van der Waals surface area (Å²) < 4.78 is 47.5. The number of sulfone groups is 1. The number of nitrogen functional groups attached to an aromatic ring is 1. The van der Waals surface area contributed by atoms with Gasteiger partial charge >= 0.3 is 0 Å². The number of aliphatic imine (C=N–C) groups is 1. The van der Waals surface area contributed by atoms with Gasteiger partial charge in [0.05, 0.1) is 17.3 Å². The first-order valence-electron chi connectivity index (χ1n) is 8.86. The average molecular weight is 386 g/mol. The topological polar surface area (TPSA) is 88.7 Å². The van der Waals surface area contributed by atoms with Gasteiger partial charge in [-0.05, 0) is 36.7 Å². The van der Waals surface area contributed by atoms with Crippen LogP contribution >= 0.6 is 0 Å². The van der Waals surface area contributed by atoms with Gasteiger partial charge in [-0.1, -0.05) is 24.3 Å². The fourth-order valence-electron chi connectivity index (χ4n) is 3.12. The van der Waals surface area contributed by atoms with E-state index < -0.39 is 15.7 Å². The van der Waals surface area contributed by atoms with Crippen LogP contribution < -0.4 is 5.73 Å². The first-order chi connectivity index (χ1) is 13.4. The molecule has 1 aliphatic rings. The van der Waals surface area contributed by atoms with Crippen molar-refractivity contribution in [2.75, 3.05) is 26.0 Å². The molecule has 1 aromatic heterocycles. The van der Waals surface area contributed by atoms with Gasteiger partial charge < -0.3 is 5.73 Å². The Kier molecular flexibility index (Phi) is 3.87. The van der Waals surface area contributed by atoms with Crippen LogP contribution in [-0.4, -0.2) is 44.3 Å². The van der Waals surface area contributed by atoms with E-state index in [1.54, 1.807) is 29.2 Å². The second-order valence-corrected chi connectivity index (χ2v) is 8.12. The van der Waals surface area contributed by atoms with E-state index >= 15 is 0 Å². The first kappa shape index (κ1) is 16.3. The maximum Gasteiger partial charge on any atom is 0.224 e. The minimum atomic E-state index is -4.07. The molecule has 6 nitrogen and oxygen atoms in total. The van der Waals surface area contributed by atoms with E-state index in [1.807, 2.05) is 0 Å². The average Bonchev–Trinajstić information content (AvgIpc) is 3.17. The highest BCUT2D eigenvalue weighted by Crippen LogP contribution is 2.32. The summed E-state index contributed by atoms with van der Waals surface area (Å²) in [7, 11) is -4.02. The molecule has 4 rings (SSSR count). The first-order valence-corrected chi connectivity index (χ1v) is 9.64. The lowest BCUT2D eigenvalue weighted by molar-refractivity contribution is 0.421. The molecule has 2 heterocycles. The fraction of sp³-hybridized carbons (Fsp3) is 0.158. The third-order valence-corrected chi connectivity index (χ3v) is 6.11. The molecule has 0 saturated carbocycles. The van der Waals surface area contributed by atoms with Crippen molar-refractivity contribution < 1.29 is 14.2 Å². The molecule has 27 heavy (non-hydrogen) atoms. The summed E-state index contributed by atoms with van der Waals surface area (Å²) >= 11 is 0. The molecule has 0 fully saturated rings. The molecule has 3 aromatic rings. The Hall–Kier alpha value is -2.84. The minimum absolute atomic E-state index is 0.0490. The molecular weight excluding hydrogens is 367 g/mol. The zero-order chi connectivity index (χ0) is 19.9. The fourth-order valence-corrected chi connectivity index (χ4v) is 4.55. The zero-order valence-corrected chi connectivity index (χ0v) is 15.1. The molecule has 8 heteroatoms. The second kappa shape index (κ2) is 6.40. The molecule has 0 amide bonds. The van der Waals surface area contributed by atoms with Crippen molar-refractivity contribution in [1.29, 1.82) is 0 Å². The van der Waals surface area contributed by atoms with E-state index in [4.69, 9.17) is 7.10 Å². The van der Waals surface area contributed by atoms with Crippen molar-refractivity contribution in [3.8, 4) is 0 Å². The third-order valence-electron chi connectivity index (χ3n) is 4.41. The van der Waals surface area contributed by atoms with Gasteiger partial charge in [0.25, 0.3) is 0 Å².